The van der Waals surface area contributed by atoms with E-state index in [9.17, 15) is 4.79 Å². The molecule has 0 unspecified atom stereocenters. The predicted octanol–water partition coefficient (Wildman–Crippen LogP) is 2.60. The van der Waals surface area contributed by atoms with Crippen LogP contribution in [0.2, 0.25) is 0 Å². The van der Waals surface area contributed by atoms with Gasteiger partial charge in [-0.15, -0.1) is 0 Å². The van der Waals surface area contributed by atoms with Crippen molar-refractivity contribution in [2.45, 2.75) is 12.7 Å². The molecule has 0 fully saturated rings. The summed E-state index contributed by atoms with van der Waals surface area (Å²) in [5.74, 6) is 1.48. The van der Waals surface area contributed by atoms with E-state index < -0.39 is 0 Å². The Morgan fingerprint density at radius 3 is 2.64 bits per heavy atom. The number of nitrogens with zero attached hydrogens (tertiary/aromatic N) is 2. The number of rotatable bonds is 6. The van der Waals surface area contributed by atoms with Crippen LogP contribution in [0, 0.1) is 0 Å². The van der Waals surface area contributed by atoms with Gasteiger partial charge in [-0.05, 0) is 48.0 Å². The first kappa shape index (κ1) is 18.1. The van der Waals surface area contributed by atoms with E-state index in [1.165, 1.54) is 0 Å². The van der Waals surface area contributed by atoms with E-state index in [0.29, 0.717) is 18.8 Å². The average Bonchev–Trinajstić information content (AvgIpc) is 3.20. The molecule has 0 spiro atoms. The first-order valence-electron chi connectivity index (χ1n) is 9.06. The number of carbonyl (C=O) groups excluding carboxylic acids is 1. The molecule has 2 aromatic carbocycles. The van der Waals surface area contributed by atoms with Gasteiger partial charge in [0.1, 0.15) is 23.4 Å². The summed E-state index contributed by atoms with van der Waals surface area (Å²) in [6.45, 7) is 1.11. The summed E-state index contributed by atoms with van der Waals surface area (Å²) in [4.78, 5) is 12.3. The monoisotopic (exact) mass is 378 g/mol. The van der Waals surface area contributed by atoms with Gasteiger partial charge in [0, 0.05) is 12.1 Å². The Hall–Kier alpha value is -3.32. The van der Waals surface area contributed by atoms with E-state index in [1.807, 2.05) is 54.6 Å². The van der Waals surface area contributed by atoms with Crippen molar-refractivity contribution in [2.24, 2.45) is 0 Å². The predicted molar refractivity (Wildman–Crippen MR) is 105 cm³/mol. The second kappa shape index (κ2) is 7.74. The van der Waals surface area contributed by atoms with Gasteiger partial charge < -0.3 is 14.8 Å². The molecule has 0 saturated carbocycles. The number of carbonyl (C=O) groups is 1. The Balaban J connectivity index is 1.56. The highest BCUT2D eigenvalue weighted by Crippen LogP contribution is 2.25. The van der Waals surface area contributed by atoms with E-state index in [0.717, 1.165) is 28.3 Å². The average molecular weight is 378 g/mol. The Morgan fingerprint density at radius 2 is 1.89 bits per heavy atom. The first-order valence-corrected chi connectivity index (χ1v) is 9.06. The van der Waals surface area contributed by atoms with Gasteiger partial charge >= 0.3 is 0 Å². The quantitative estimate of drug-likeness (QED) is 0.689. The zero-order valence-electron chi connectivity index (χ0n) is 15.8. The normalized spacial score (nSPS) is 15.6. The molecule has 1 atom stereocenters. The largest absolute Gasteiger partial charge is 0.497 e. The van der Waals surface area contributed by atoms with Crippen molar-refractivity contribution < 1.29 is 14.3 Å². The van der Waals surface area contributed by atoms with Crippen LogP contribution in [-0.2, 0) is 6.54 Å². The minimum atomic E-state index is -0.133. The standard InChI is InChI=1S/C21H22N4O3/c1-27-16-8-6-15(7-9-16)18-11-19-21(26)23-13-20(25(19)24-18)22-12-14-4-3-5-17(10-14)28-2/h3-11,20,22H,12-13H2,1-2H3,(H,23,26)/t20-/m1/s1. The second-order valence-electron chi connectivity index (χ2n) is 6.55. The van der Waals surface area contributed by atoms with Crippen LogP contribution < -0.4 is 20.1 Å². The molecular weight excluding hydrogens is 356 g/mol. The van der Waals surface area contributed by atoms with Crippen molar-refractivity contribution in [2.75, 3.05) is 20.8 Å². The minimum Gasteiger partial charge on any atom is -0.497 e. The van der Waals surface area contributed by atoms with Crippen LogP contribution in [0.5, 0.6) is 11.5 Å². The molecule has 2 heterocycles. The highest BCUT2D eigenvalue weighted by Gasteiger charge is 2.27. The zero-order valence-corrected chi connectivity index (χ0v) is 15.8. The summed E-state index contributed by atoms with van der Waals surface area (Å²) in [5, 5.41) is 11.1. The maximum Gasteiger partial charge on any atom is 0.269 e. The topological polar surface area (TPSA) is 77.4 Å². The van der Waals surface area contributed by atoms with Crippen molar-refractivity contribution in [1.82, 2.24) is 20.4 Å². The number of aromatic nitrogens is 2. The molecule has 0 bridgehead atoms. The number of hydrogen-bond donors (Lipinski definition) is 2. The van der Waals surface area contributed by atoms with Gasteiger partial charge in [0.2, 0.25) is 0 Å². The van der Waals surface area contributed by atoms with Crippen LogP contribution in [0.15, 0.2) is 54.6 Å². The number of amides is 1. The number of benzene rings is 2. The SMILES string of the molecule is COc1ccc(-c2cc3n(n2)[C@@H](NCc2cccc(OC)c2)CNC3=O)cc1. The lowest BCUT2D eigenvalue weighted by atomic mass is 10.1. The molecule has 0 saturated heterocycles. The lowest BCUT2D eigenvalue weighted by molar-refractivity contribution is 0.0900. The third-order valence-electron chi connectivity index (χ3n) is 4.78. The Morgan fingerprint density at radius 1 is 1.11 bits per heavy atom. The molecule has 1 amide bonds. The molecule has 7 heteroatoms. The Kier molecular flexibility index (Phi) is 4.99. The summed E-state index contributed by atoms with van der Waals surface area (Å²) in [5.41, 5.74) is 3.32. The molecule has 2 N–H and O–H groups in total. The van der Waals surface area contributed by atoms with Crippen molar-refractivity contribution in [3.8, 4) is 22.8 Å². The van der Waals surface area contributed by atoms with Crippen molar-refractivity contribution >= 4 is 5.91 Å². The number of methoxy groups -OCH3 is 2. The summed E-state index contributed by atoms with van der Waals surface area (Å²) in [6, 6.07) is 17.3. The molecule has 1 aliphatic rings. The molecule has 3 aromatic rings. The van der Waals surface area contributed by atoms with Crippen LogP contribution >= 0.6 is 0 Å². The third-order valence-corrected chi connectivity index (χ3v) is 4.78. The van der Waals surface area contributed by atoms with Gasteiger partial charge in [-0.25, -0.2) is 4.68 Å². The number of nitrogens with one attached hydrogen (secondary N) is 2. The van der Waals surface area contributed by atoms with Crippen LogP contribution in [0.25, 0.3) is 11.3 Å². The molecular formula is C21H22N4O3. The molecule has 1 aromatic heterocycles. The Bertz CT molecular complexity index is 982. The van der Waals surface area contributed by atoms with Gasteiger partial charge in [0.15, 0.2) is 0 Å². The van der Waals surface area contributed by atoms with E-state index in [-0.39, 0.29) is 12.1 Å². The fourth-order valence-corrected chi connectivity index (χ4v) is 3.25. The maximum absolute atomic E-state index is 12.3. The molecule has 1 aliphatic heterocycles. The second-order valence-corrected chi connectivity index (χ2v) is 6.55. The molecule has 0 aliphatic carbocycles. The van der Waals surface area contributed by atoms with Gasteiger partial charge in [-0.2, -0.15) is 5.10 Å². The zero-order chi connectivity index (χ0) is 19.5. The molecule has 144 valence electrons. The maximum atomic E-state index is 12.3. The van der Waals surface area contributed by atoms with Gasteiger partial charge in [0.05, 0.1) is 26.5 Å². The van der Waals surface area contributed by atoms with E-state index in [2.05, 4.69) is 15.7 Å². The summed E-state index contributed by atoms with van der Waals surface area (Å²) < 4.78 is 12.2. The van der Waals surface area contributed by atoms with E-state index in [1.54, 1.807) is 18.9 Å². The number of ether oxygens (including phenoxy) is 2. The lowest BCUT2D eigenvalue weighted by Gasteiger charge is -2.25. The van der Waals surface area contributed by atoms with Crippen LogP contribution in [0.1, 0.15) is 22.2 Å². The lowest BCUT2D eigenvalue weighted by Crippen LogP contribution is -2.45. The fourth-order valence-electron chi connectivity index (χ4n) is 3.25. The minimum absolute atomic E-state index is 0.119. The van der Waals surface area contributed by atoms with Crippen molar-refractivity contribution in [1.29, 1.82) is 0 Å². The van der Waals surface area contributed by atoms with Crippen LogP contribution in [0.4, 0.5) is 0 Å². The smallest absolute Gasteiger partial charge is 0.269 e. The summed E-state index contributed by atoms with van der Waals surface area (Å²) >= 11 is 0. The van der Waals surface area contributed by atoms with Crippen LogP contribution in [-0.4, -0.2) is 36.5 Å². The molecule has 0 radical (unpaired) electrons. The number of fused-ring (bicyclic) bond motifs is 1. The fraction of sp³-hybridized carbons (Fsp3) is 0.238. The third kappa shape index (κ3) is 3.57. The van der Waals surface area contributed by atoms with E-state index in [4.69, 9.17) is 9.47 Å². The summed E-state index contributed by atoms with van der Waals surface area (Å²) in [7, 11) is 3.28. The van der Waals surface area contributed by atoms with Gasteiger partial charge in [0.25, 0.3) is 5.91 Å². The molecule has 4 rings (SSSR count). The first-order chi connectivity index (χ1) is 13.7. The van der Waals surface area contributed by atoms with Crippen molar-refractivity contribution in [3.63, 3.8) is 0 Å². The van der Waals surface area contributed by atoms with Gasteiger partial charge in [-0.3, -0.25) is 10.1 Å². The molecule has 7 nitrogen and oxygen atoms in total. The highest BCUT2D eigenvalue weighted by atomic mass is 16.5. The highest BCUT2D eigenvalue weighted by molar-refractivity contribution is 5.94. The number of hydrogen-bond acceptors (Lipinski definition) is 5. The molecule has 28 heavy (non-hydrogen) atoms. The van der Waals surface area contributed by atoms with Crippen molar-refractivity contribution in [3.05, 3.63) is 65.9 Å². The Labute approximate surface area is 163 Å². The van der Waals surface area contributed by atoms with E-state index >= 15 is 0 Å². The summed E-state index contributed by atoms with van der Waals surface area (Å²) in [6.07, 6.45) is -0.133. The van der Waals surface area contributed by atoms with Gasteiger partial charge in [-0.1, -0.05) is 12.1 Å². The van der Waals surface area contributed by atoms with Crippen LogP contribution in [0.3, 0.4) is 0 Å².